The molecule has 0 spiro atoms. The minimum atomic E-state index is 0. The number of hydrogen-bond donors (Lipinski definition) is 2. The van der Waals surface area contributed by atoms with E-state index in [1.807, 2.05) is 14.0 Å². The largest absolute Gasteiger partial charge is 0.380 e. The smallest absolute Gasteiger partial charge is 0.191 e. The molecular formula is C16H34IN3O2. The maximum atomic E-state index is 5.91. The van der Waals surface area contributed by atoms with Crippen molar-refractivity contribution in [3.05, 3.63) is 0 Å². The van der Waals surface area contributed by atoms with Crippen LogP contribution in [0, 0.1) is 5.41 Å². The topological polar surface area (TPSA) is 54.9 Å². The molecule has 2 N–H and O–H groups in total. The second-order valence-corrected chi connectivity index (χ2v) is 5.51. The summed E-state index contributed by atoms with van der Waals surface area (Å²) in [5.74, 6) is 0.862. The summed E-state index contributed by atoms with van der Waals surface area (Å²) >= 11 is 0. The Labute approximate surface area is 153 Å². The van der Waals surface area contributed by atoms with Crippen LogP contribution in [0.25, 0.3) is 0 Å². The van der Waals surface area contributed by atoms with Gasteiger partial charge >= 0.3 is 0 Å². The number of nitrogens with zero attached hydrogens (tertiary/aromatic N) is 1. The van der Waals surface area contributed by atoms with Gasteiger partial charge in [-0.15, -0.1) is 24.0 Å². The number of hydrogen-bond acceptors (Lipinski definition) is 3. The van der Waals surface area contributed by atoms with Gasteiger partial charge in [-0.25, -0.2) is 0 Å². The summed E-state index contributed by atoms with van der Waals surface area (Å²) in [6.07, 6.45) is 3.68. The molecule has 132 valence electrons. The molecule has 0 aromatic rings. The van der Waals surface area contributed by atoms with Gasteiger partial charge in [0.25, 0.3) is 0 Å². The fourth-order valence-corrected chi connectivity index (χ4v) is 3.33. The first-order valence-electron chi connectivity index (χ1n) is 8.34. The summed E-state index contributed by atoms with van der Waals surface area (Å²) in [6.45, 7) is 11.6. The Kier molecular flexibility index (Phi) is 11.4. The summed E-state index contributed by atoms with van der Waals surface area (Å²) < 4.78 is 11.3. The van der Waals surface area contributed by atoms with Gasteiger partial charge in [-0.1, -0.05) is 13.8 Å². The number of rotatable bonds is 9. The molecule has 0 heterocycles. The average Bonchev–Trinajstić information content (AvgIpc) is 2.49. The lowest BCUT2D eigenvalue weighted by Crippen LogP contribution is -2.65. The van der Waals surface area contributed by atoms with Crippen LogP contribution >= 0.6 is 24.0 Å². The van der Waals surface area contributed by atoms with Crippen LogP contribution in [-0.4, -0.2) is 51.5 Å². The van der Waals surface area contributed by atoms with E-state index in [4.69, 9.17) is 9.47 Å². The quantitative estimate of drug-likeness (QED) is 0.257. The molecule has 2 unspecified atom stereocenters. The van der Waals surface area contributed by atoms with Crippen LogP contribution < -0.4 is 10.6 Å². The first-order valence-corrected chi connectivity index (χ1v) is 8.34. The van der Waals surface area contributed by atoms with Crippen LogP contribution in [0.5, 0.6) is 0 Å². The van der Waals surface area contributed by atoms with Crippen molar-refractivity contribution in [2.24, 2.45) is 10.4 Å². The van der Waals surface area contributed by atoms with E-state index in [1.54, 1.807) is 0 Å². The molecule has 6 heteroatoms. The predicted molar refractivity (Wildman–Crippen MR) is 103 cm³/mol. The molecule has 22 heavy (non-hydrogen) atoms. The molecule has 1 aliphatic rings. The standard InChI is InChI=1S/C16H33N3O2.HI/c1-6-16(7-2)13(12-14(16)21-9-4)19-15(17-5)18-10-11-20-8-3;/h13-14H,6-12H2,1-5H3,(H2,17,18,19);1H. The van der Waals surface area contributed by atoms with E-state index in [-0.39, 0.29) is 29.4 Å². The summed E-state index contributed by atoms with van der Waals surface area (Å²) in [7, 11) is 1.81. The zero-order valence-electron chi connectivity index (χ0n) is 14.8. The average molecular weight is 427 g/mol. The van der Waals surface area contributed by atoms with Gasteiger partial charge in [-0.2, -0.15) is 0 Å². The highest BCUT2D eigenvalue weighted by molar-refractivity contribution is 14.0. The number of guanidine groups is 1. The number of halogens is 1. The number of nitrogens with one attached hydrogen (secondary N) is 2. The van der Waals surface area contributed by atoms with Crippen LogP contribution in [0.15, 0.2) is 4.99 Å². The van der Waals surface area contributed by atoms with Crippen molar-refractivity contribution in [1.82, 2.24) is 10.6 Å². The van der Waals surface area contributed by atoms with Gasteiger partial charge in [0.15, 0.2) is 5.96 Å². The molecule has 5 nitrogen and oxygen atoms in total. The second-order valence-electron chi connectivity index (χ2n) is 5.51. The highest BCUT2D eigenvalue weighted by atomic mass is 127. The Morgan fingerprint density at radius 2 is 1.86 bits per heavy atom. The Hall–Kier alpha value is -0.0800. The number of aliphatic imine (C=N–C) groups is 1. The van der Waals surface area contributed by atoms with E-state index in [0.717, 1.165) is 45.0 Å². The SMILES string of the molecule is CCOCCNC(=NC)NC1CC(OCC)C1(CC)CC.I. The van der Waals surface area contributed by atoms with Gasteiger partial charge < -0.3 is 20.1 Å². The van der Waals surface area contributed by atoms with E-state index in [1.165, 1.54) is 0 Å². The maximum absolute atomic E-state index is 5.91. The minimum absolute atomic E-state index is 0. The fourth-order valence-electron chi connectivity index (χ4n) is 3.33. The summed E-state index contributed by atoms with van der Waals surface area (Å²) in [5.41, 5.74) is 0.230. The van der Waals surface area contributed by atoms with Crippen LogP contribution in [0.1, 0.15) is 47.0 Å². The van der Waals surface area contributed by atoms with E-state index in [2.05, 4.69) is 36.4 Å². The molecule has 1 rings (SSSR count). The minimum Gasteiger partial charge on any atom is -0.380 e. The molecule has 0 bridgehead atoms. The molecule has 1 aliphatic carbocycles. The third-order valence-electron chi connectivity index (χ3n) is 4.75. The molecule has 1 fully saturated rings. The molecule has 1 saturated carbocycles. The van der Waals surface area contributed by atoms with Crippen molar-refractivity contribution in [2.45, 2.75) is 59.1 Å². The van der Waals surface area contributed by atoms with Crippen LogP contribution in [0.4, 0.5) is 0 Å². The molecule has 0 amide bonds. The maximum Gasteiger partial charge on any atom is 0.191 e. The monoisotopic (exact) mass is 427 g/mol. The number of ether oxygens (including phenoxy) is 2. The predicted octanol–water partition coefficient (Wildman–Crippen LogP) is 2.79. The summed E-state index contributed by atoms with van der Waals surface area (Å²) in [5, 5.41) is 6.87. The highest BCUT2D eigenvalue weighted by Gasteiger charge is 2.53. The van der Waals surface area contributed by atoms with Crippen molar-refractivity contribution >= 4 is 29.9 Å². The van der Waals surface area contributed by atoms with Gasteiger partial charge in [0.05, 0.1) is 12.7 Å². The molecule has 0 radical (unpaired) electrons. The molecule has 0 aromatic carbocycles. The zero-order chi connectivity index (χ0) is 15.7. The Morgan fingerprint density at radius 3 is 2.36 bits per heavy atom. The van der Waals surface area contributed by atoms with E-state index < -0.39 is 0 Å². The van der Waals surface area contributed by atoms with Crippen molar-refractivity contribution in [3.63, 3.8) is 0 Å². The fraction of sp³-hybridized carbons (Fsp3) is 0.938. The van der Waals surface area contributed by atoms with Gasteiger partial charge in [-0.05, 0) is 33.1 Å². The van der Waals surface area contributed by atoms with Crippen molar-refractivity contribution in [1.29, 1.82) is 0 Å². The summed E-state index contributed by atoms with van der Waals surface area (Å²) in [6, 6.07) is 0.433. The van der Waals surface area contributed by atoms with Crippen LogP contribution in [-0.2, 0) is 9.47 Å². The lowest BCUT2D eigenvalue weighted by molar-refractivity contribution is -0.133. The second kappa shape index (κ2) is 11.5. The van der Waals surface area contributed by atoms with E-state index in [9.17, 15) is 0 Å². The molecule has 0 saturated heterocycles. The molecular weight excluding hydrogens is 393 g/mol. The Bertz CT molecular complexity index is 323. The van der Waals surface area contributed by atoms with Crippen molar-refractivity contribution in [3.8, 4) is 0 Å². The third-order valence-corrected chi connectivity index (χ3v) is 4.75. The Balaban J connectivity index is 0.00000441. The van der Waals surface area contributed by atoms with E-state index >= 15 is 0 Å². The summed E-state index contributed by atoms with van der Waals surface area (Å²) in [4.78, 5) is 4.31. The van der Waals surface area contributed by atoms with Gasteiger partial charge in [0.1, 0.15) is 0 Å². The Morgan fingerprint density at radius 1 is 1.18 bits per heavy atom. The van der Waals surface area contributed by atoms with Crippen molar-refractivity contribution in [2.75, 3.05) is 33.4 Å². The molecule has 2 atom stereocenters. The molecule has 0 aromatic heterocycles. The lowest BCUT2D eigenvalue weighted by Gasteiger charge is -2.55. The normalized spacial score (nSPS) is 23.4. The third kappa shape index (κ3) is 5.23. The highest BCUT2D eigenvalue weighted by Crippen LogP contribution is 2.48. The first-order chi connectivity index (χ1) is 10.2. The van der Waals surface area contributed by atoms with Crippen LogP contribution in [0.2, 0.25) is 0 Å². The first kappa shape index (κ1) is 21.9. The van der Waals surface area contributed by atoms with Gasteiger partial charge in [0.2, 0.25) is 0 Å². The van der Waals surface area contributed by atoms with Crippen LogP contribution in [0.3, 0.4) is 0 Å². The zero-order valence-corrected chi connectivity index (χ0v) is 17.1. The van der Waals surface area contributed by atoms with Crippen molar-refractivity contribution < 1.29 is 9.47 Å². The van der Waals surface area contributed by atoms with Gasteiger partial charge in [0, 0.05) is 38.3 Å². The lowest BCUT2D eigenvalue weighted by atomic mass is 9.58. The molecule has 0 aliphatic heterocycles. The van der Waals surface area contributed by atoms with Gasteiger partial charge in [-0.3, -0.25) is 4.99 Å². The van der Waals surface area contributed by atoms with E-state index in [0.29, 0.717) is 18.8 Å².